The van der Waals surface area contributed by atoms with Gasteiger partial charge < -0.3 is 4.55 Å². The molecule has 0 spiro atoms. The molecule has 0 rings (SSSR count). The number of hydrogen-bond acceptors (Lipinski definition) is 3. The lowest BCUT2D eigenvalue weighted by atomic mass is 9.96. The Bertz CT molecular complexity index is 1470. The molecule has 3 nitrogen and oxygen atoms in total. The van der Waals surface area contributed by atoms with Crippen molar-refractivity contribution in [2.24, 2.45) is 0 Å². The van der Waals surface area contributed by atoms with Crippen molar-refractivity contribution in [1.29, 1.82) is 0 Å². The van der Waals surface area contributed by atoms with Gasteiger partial charge in [0.05, 0.1) is 11.4 Å². The maximum atomic E-state index is 11.2. The molecule has 1 atom stereocenters. The topological polar surface area (TPSA) is 49.4 Å². The van der Waals surface area contributed by atoms with Crippen LogP contribution in [0.4, 0.5) is 0 Å². The fourth-order valence-electron chi connectivity index (χ4n) is 3.06. The lowest BCUT2D eigenvalue weighted by Crippen LogP contribution is -2.76. The van der Waals surface area contributed by atoms with Gasteiger partial charge in [-0.3, -0.25) is 4.18 Å². The molecule has 0 amide bonds. The second kappa shape index (κ2) is 19.9. The maximum absolute atomic E-state index is 11.2. The molecule has 0 bridgehead atoms. The van der Waals surface area contributed by atoms with Crippen molar-refractivity contribution in [3.05, 3.63) is 0 Å². The highest BCUT2D eigenvalue weighted by Crippen LogP contribution is 2.78. The minimum atomic E-state index is -3.75. The summed E-state index contributed by atoms with van der Waals surface area (Å²) < 4.78 is -33.5. The Hall–Kier alpha value is 10.2. The first-order valence-electron chi connectivity index (χ1n) is 11.3. The average Bonchev–Trinajstić information content (AvgIpc) is 2.94. The molecule has 0 aromatic carbocycles. The molecule has 0 fully saturated rings. The Kier molecular flexibility index (Phi) is 23.5. The Labute approximate surface area is 495 Å². The molecule has 0 aliphatic carbocycles. The summed E-state index contributed by atoms with van der Waals surface area (Å²) in [6, 6.07) is 0. The smallest absolute Gasteiger partial charge is 0.267 e. The van der Waals surface area contributed by atoms with Crippen molar-refractivity contribution in [2.45, 2.75) is 73.3 Å². The van der Waals surface area contributed by atoms with Crippen molar-refractivity contribution in [2.75, 3.05) is 0 Å². The van der Waals surface area contributed by atoms with Gasteiger partial charge in [0.15, 0.2) is 56.3 Å². The third kappa shape index (κ3) is 10.1. The van der Waals surface area contributed by atoms with E-state index in [1.165, 1.54) is 0 Å². The van der Waals surface area contributed by atoms with Crippen LogP contribution >= 0.6 is 406 Å². The van der Waals surface area contributed by atoms with Crippen LogP contribution in [0.1, 0.15) is 0 Å². The third-order valence-corrected chi connectivity index (χ3v) is 31.9. The number of halogens is 35. The van der Waals surface area contributed by atoms with Crippen LogP contribution in [0.15, 0.2) is 0 Å². The molecule has 56 heavy (non-hydrogen) atoms. The van der Waals surface area contributed by atoms with Crippen molar-refractivity contribution in [3.8, 4) is 0 Å². The fraction of sp³-hybridized carbons (Fsp3) is 1.00. The first-order valence-corrected chi connectivity index (χ1v) is 25.5. The molecule has 0 N–H and O–H groups in total. The summed E-state index contributed by atoms with van der Waals surface area (Å²) >= 11 is 217. The normalized spacial score (nSPS) is 17.7. The lowest BCUT2D eigenvalue weighted by Gasteiger charge is -2.58. The lowest BCUT2D eigenvalue weighted by molar-refractivity contribution is 0.205. The summed E-state index contributed by atoms with van der Waals surface area (Å²) in [6.07, 6.45) is 0. The van der Waals surface area contributed by atoms with Gasteiger partial charge in [0.25, 0.3) is 4.52 Å². The van der Waals surface area contributed by atoms with Crippen LogP contribution in [0.3, 0.4) is 0 Å². The molecule has 0 radical (unpaired) electrons. The Morgan fingerprint density at radius 3 is 0.500 bits per heavy atom. The first kappa shape index (κ1) is 66.2. The fourth-order valence-corrected chi connectivity index (χ4v) is 15.5. The summed E-state index contributed by atoms with van der Waals surface area (Å²) in [5.41, 5.74) is 0. The van der Waals surface area contributed by atoms with Crippen LogP contribution in [0.25, 0.3) is 0 Å². The highest BCUT2D eigenvalue weighted by molar-refractivity contribution is 7.74. The molecule has 0 aliphatic rings. The predicted molar refractivity (Wildman–Crippen MR) is 261 cm³/mol. The van der Waals surface area contributed by atoms with E-state index in [-0.39, 0.29) is 0 Å². The minimum absolute atomic E-state index is 2.88. The summed E-state index contributed by atoms with van der Waals surface area (Å²) in [7, 11) is 0. The van der Waals surface area contributed by atoms with Crippen LogP contribution in [-0.4, -0.2) is 82.1 Å². The molecule has 1 unspecified atom stereocenters. The number of alkyl halides is 35. The molecule has 0 heterocycles. The Morgan fingerprint density at radius 2 is 0.375 bits per heavy atom. The summed E-state index contributed by atoms with van der Waals surface area (Å²) in [4.78, 5) is 0. The van der Waals surface area contributed by atoms with Crippen LogP contribution < -0.4 is 0 Å². The Balaban J connectivity index is 7.81. The van der Waals surface area contributed by atoms with Crippen molar-refractivity contribution in [1.82, 2.24) is 0 Å². The molecule has 0 saturated carbocycles. The van der Waals surface area contributed by atoms with Crippen molar-refractivity contribution in [3.63, 3.8) is 0 Å². The number of hydrogen-bond donors (Lipinski definition) is 0. The van der Waals surface area contributed by atoms with E-state index < -0.39 is 84.7 Å². The van der Waals surface area contributed by atoms with E-state index in [0.29, 0.717) is 0 Å². The van der Waals surface area contributed by atoms with Gasteiger partial charge in [-0.15, -0.1) is 0 Å². The molecule has 0 aromatic rings. The zero-order chi connectivity index (χ0) is 46.8. The monoisotopic (exact) mass is 1510 g/mol. The second-order valence-electron chi connectivity index (χ2n) is 9.92. The molecular weight excluding hydrogens is 1530 g/mol. The van der Waals surface area contributed by atoms with Crippen molar-refractivity contribution < 1.29 is 12.9 Å². The average molecular weight is 1530 g/mol. The highest BCUT2D eigenvalue weighted by atomic mass is 35.6. The van der Waals surface area contributed by atoms with E-state index in [1.54, 1.807) is 0 Å². The van der Waals surface area contributed by atoms with Gasteiger partial charge in [-0.1, -0.05) is 406 Å². The molecule has 39 heteroatoms. The SMILES string of the molecule is O=S([O-])OC(Cl)(Cl)C(Cl)(Cl)C(Cl)(Cl)C(Cl)(Cl)C(Cl)(Cl)C(Cl)(Cl)C(Cl)(Cl)C(Cl)(Cl)C(Cl)(Cl)C(Cl)(Cl)C(Cl)(Cl)C(Cl)(Cl)C(Cl)(Cl)C(Cl)(Cl)C(Cl)(Cl)C(Cl)(Cl)C(Cl)(Cl)Cl. The van der Waals surface area contributed by atoms with Gasteiger partial charge in [-0.05, 0) is 0 Å². The van der Waals surface area contributed by atoms with Crippen LogP contribution in [-0.2, 0) is 15.5 Å². The Morgan fingerprint density at radius 1 is 0.250 bits per heavy atom. The predicted octanol–water partition coefficient (Wildman–Crippen LogP) is 19.9. The van der Waals surface area contributed by atoms with E-state index in [1.807, 2.05) is 0 Å². The van der Waals surface area contributed by atoms with Crippen LogP contribution in [0.2, 0.25) is 0 Å². The molecule has 0 saturated heterocycles. The highest BCUT2D eigenvalue weighted by Gasteiger charge is 2.88. The molecule has 0 aromatic heterocycles. The van der Waals surface area contributed by atoms with Crippen molar-refractivity contribution >= 4 is 417 Å². The minimum Gasteiger partial charge on any atom is -0.750 e. The number of rotatable bonds is 17. The first-order chi connectivity index (χ1) is 23.4. The maximum Gasteiger partial charge on any atom is 0.267 e. The van der Waals surface area contributed by atoms with E-state index in [4.69, 9.17) is 406 Å². The molecule has 338 valence electrons. The van der Waals surface area contributed by atoms with Crippen LogP contribution in [0, 0.1) is 0 Å². The zero-order valence-electron chi connectivity index (χ0n) is 23.4. The van der Waals surface area contributed by atoms with Gasteiger partial charge >= 0.3 is 0 Å². The molecule has 0 aliphatic heterocycles. The standard InChI is InChI=1S/C17HCl35O3S/c18-1(19,2(20,21)4(24,25)6(28,29)8(32,33)10(36,37)12(40,41)14(44,45)16(48,49)50)3(22,23)5(26,27)7(30,31)9(34,35)11(38,39)13(42,43)15(46,47)17(51,52)55-56(53)54/h(H,53,54)/p-1. The largest absolute Gasteiger partial charge is 0.750 e. The molecular formula is C17Cl35O3S-. The summed E-state index contributed by atoms with van der Waals surface area (Å²) in [5, 5.41) is 0. The van der Waals surface area contributed by atoms with Gasteiger partial charge in [0.2, 0.25) is 12.5 Å². The van der Waals surface area contributed by atoms with Crippen LogP contribution in [0.5, 0.6) is 0 Å². The second-order valence-corrected chi connectivity index (χ2v) is 33.9. The summed E-state index contributed by atoms with van der Waals surface area (Å²) in [5.74, 6) is 0. The van der Waals surface area contributed by atoms with Gasteiger partial charge in [0, 0.05) is 0 Å². The quantitative estimate of drug-likeness (QED) is 0.108. The van der Waals surface area contributed by atoms with Gasteiger partial charge in [-0.2, -0.15) is 0 Å². The van der Waals surface area contributed by atoms with E-state index in [2.05, 4.69) is 4.18 Å². The zero-order valence-corrected chi connectivity index (χ0v) is 50.6. The van der Waals surface area contributed by atoms with E-state index in [9.17, 15) is 8.76 Å². The van der Waals surface area contributed by atoms with E-state index >= 15 is 0 Å². The summed E-state index contributed by atoms with van der Waals surface area (Å²) in [6.45, 7) is 0. The van der Waals surface area contributed by atoms with Gasteiger partial charge in [-0.25, -0.2) is 4.21 Å². The van der Waals surface area contributed by atoms with Gasteiger partial charge in [0.1, 0.15) is 0 Å². The van der Waals surface area contributed by atoms with E-state index in [0.717, 1.165) is 0 Å². The third-order valence-electron chi connectivity index (χ3n) is 6.42.